The fourth-order valence-corrected chi connectivity index (χ4v) is 1.93. The van der Waals surface area contributed by atoms with Crippen molar-refractivity contribution in [1.29, 1.82) is 0 Å². The van der Waals surface area contributed by atoms with Crippen molar-refractivity contribution in [3.05, 3.63) is 41.7 Å². The number of aliphatic hydroxyl groups is 1. The van der Waals surface area contributed by atoms with Crippen molar-refractivity contribution >= 4 is 11.5 Å². The van der Waals surface area contributed by atoms with E-state index in [1.165, 1.54) is 0 Å². The van der Waals surface area contributed by atoms with Crippen LogP contribution in [0.5, 0.6) is 0 Å². The summed E-state index contributed by atoms with van der Waals surface area (Å²) in [4.78, 5) is 11.7. The van der Waals surface area contributed by atoms with Gasteiger partial charge in [0.05, 0.1) is 18.8 Å². The van der Waals surface area contributed by atoms with E-state index in [2.05, 4.69) is 0 Å². The largest absolute Gasteiger partial charge is 0.462 e. The summed E-state index contributed by atoms with van der Waals surface area (Å²) in [5.74, 6) is -0.311. The predicted octanol–water partition coefficient (Wildman–Crippen LogP) is 2.39. The van der Waals surface area contributed by atoms with Crippen LogP contribution in [0.15, 0.2) is 30.6 Å². The second-order valence-electron chi connectivity index (χ2n) is 5.24. The molecule has 0 bridgehead atoms. The third kappa shape index (κ3) is 2.63. The van der Waals surface area contributed by atoms with Gasteiger partial charge < -0.3 is 14.2 Å². The summed E-state index contributed by atoms with van der Waals surface area (Å²) in [5.41, 5.74) is 2.19. The van der Waals surface area contributed by atoms with E-state index in [4.69, 9.17) is 4.74 Å². The van der Waals surface area contributed by atoms with Gasteiger partial charge in [0, 0.05) is 23.3 Å². The van der Waals surface area contributed by atoms with Crippen molar-refractivity contribution in [2.45, 2.75) is 26.2 Å². The number of esters is 1. The molecule has 19 heavy (non-hydrogen) atoms. The van der Waals surface area contributed by atoms with E-state index in [0.29, 0.717) is 12.2 Å². The average molecular weight is 261 g/mol. The summed E-state index contributed by atoms with van der Waals surface area (Å²) in [6, 6.07) is 5.71. The summed E-state index contributed by atoms with van der Waals surface area (Å²) in [5, 5.41) is 9.40. The molecule has 0 unspecified atom stereocenters. The van der Waals surface area contributed by atoms with Gasteiger partial charge in [-0.3, -0.25) is 0 Å². The Bertz CT molecular complexity index is 598. The highest BCUT2D eigenvalue weighted by molar-refractivity contribution is 5.91. The van der Waals surface area contributed by atoms with Gasteiger partial charge in [0.2, 0.25) is 0 Å². The molecule has 0 aliphatic rings. The van der Waals surface area contributed by atoms with Gasteiger partial charge in [-0.05, 0) is 24.6 Å². The number of fused-ring (bicyclic) bond motifs is 1. The minimum Gasteiger partial charge on any atom is -0.462 e. The monoisotopic (exact) mass is 261 g/mol. The number of hydrogen-bond donors (Lipinski definition) is 1. The van der Waals surface area contributed by atoms with Crippen LogP contribution in [0.3, 0.4) is 0 Å². The molecule has 0 fully saturated rings. The van der Waals surface area contributed by atoms with Gasteiger partial charge in [-0.1, -0.05) is 19.9 Å². The van der Waals surface area contributed by atoms with Gasteiger partial charge in [-0.15, -0.1) is 0 Å². The summed E-state index contributed by atoms with van der Waals surface area (Å²) < 4.78 is 6.87. The van der Waals surface area contributed by atoms with Gasteiger partial charge in [0.15, 0.2) is 0 Å². The van der Waals surface area contributed by atoms with Crippen LogP contribution >= 0.6 is 0 Å². The van der Waals surface area contributed by atoms with Gasteiger partial charge >= 0.3 is 5.97 Å². The molecular formula is C15H19NO3. The molecule has 2 heterocycles. The molecular weight excluding hydrogens is 242 g/mol. The maximum atomic E-state index is 11.7. The smallest absolute Gasteiger partial charge is 0.339 e. The van der Waals surface area contributed by atoms with E-state index in [0.717, 1.165) is 11.1 Å². The maximum absolute atomic E-state index is 11.7. The minimum atomic E-state index is -0.311. The Morgan fingerprint density at radius 2 is 2.11 bits per heavy atom. The molecule has 0 aromatic carbocycles. The number of ether oxygens (including phenoxy) is 1. The van der Waals surface area contributed by atoms with Crippen LogP contribution in [0.25, 0.3) is 5.52 Å². The van der Waals surface area contributed by atoms with E-state index in [1.54, 1.807) is 19.2 Å². The van der Waals surface area contributed by atoms with Crippen LogP contribution in [0.1, 0.15) is 36.7 Å². The SMILES string of the molecule is CCOC(=O)c1cc2ccc(C(C)(C)CO)cn2c1. The zero-order valence-corrected chi connectivity index (χ0v) is 11.5. The normalized spacial score (nSPS) is 11.8. The molecule has 0 amide bonds. The van der Waals surface area contributed by atoms with Crippen LogP contribution in [-0.4, -0.2) is 28.7 Å². The average Bonchev–Trinajstić information content (AvgIpc) is 2.81. The lowest BCUT2D eigenvalue weighted by atomic mass is 9.87. The first-order valence-electron chi connectivity index (χ1n) is 6.38. The third-order valence-electron chi connectivity index (χ3n) is 3.28. The minimum absolute atomic E-state index is 0.0739. The van der Waals surface area contributed by atoms with E-state index in [1.807, 2.05) is 36.6 Å². The van der Waals surface area contributed by atoms with Gasteiger partial charge in [-0.2, -0.15) is 0 Å². The molecule has 2 aromatic heterocycles. The zero-order valence-electron chi connectivity index (χ0n) is 11.5. The Labute approximate surface area is 112 Å². The van der Waals surface area contributed by atoms with Crippen molar-refractivity contribution in [3.63, 3.8) is 0 Å². The number of aromatic nitrogens is 1. The van der Waals surface area contributed by atoms with Crippen molar-refractivity contribution in [3.8, 4) is 0 Å². The van der Waals surface area contributed by atoms with Gasteiger partial charge in [0.1, 0.15) is 0 Å². The van der Waals surface area contributed by atoms with Crippen LogP contribution < -0.4 is 0 Å². The van der Waals surface area contributed by atoms with Crippen molar-refractivity contribution < 1.29 is 14.6 Å². The predicted molar refractivity (Wildman–Crippen MR) is 73.5 cm³/mol. The molecule has 0 atom stereocenters. The molecule has 2 aromatic rings. The quantitative estimate of drug-likeness (QED) is 0.860. The van der Waals surface area contributed by atoms with E-state index < -0.39 is 0 Å². The lowest BCUT2D eigenvalue weighted by molar-refractivity contribution is 0.0526. The Morgan fingerprint density at radius 3 is 2.74 bits per heavy atom. The number of pyridine rings is 1. The van der Waals surface area contributed by atoms with Crippen LogP contribution in [0.2, 0.25) is 0 Å². The van der Waals surface area contributed by atoms with Crippen LogP contribution in [-0.2, 0) is 10.2 Å². The number of carbonyl (C=O) groups excluding carboxylic acids is 1. The summed E-state index contributed by atoms with van der Waals surface area (Å²) >= 11 is 0. The summed E-state index contributed by atoms with van der Waals surface area (Å²) in [7, 11) is 0. The fourth-order valence-electron chi connectivity index (χ4n) is 1.93. The standard InChI is InChI=1S/C15H19NO3/c1-4-19-14(18)11-7-13-6-5-12(9-16(13)8-11)15(2,3)10-17/h5-9,17H,4,10H2,1-3H3. The molecule has 4 heteroatoms. The fraction of sp³-hybridized carbons (Fsp3) is 0.400. The molecule has 0 saturated heterocycles. The number of hydrogen-bond acceptors (Lipinski definition) is 3. The number of carbonyl (C=O) groups is 1. The van der Waals surface area contributed by atoms with Gasteiger partial charge in [0.25, 0.3) is 0 Å². The molecule has 0 spiro atoms. The highest BCUT2D eigenvalue weighted by atomic mass is 16.5. The lowest BCUT2D eigenvalue weighted by Crippen LogP contribution is -2.22. The summed E-state index contributed by atoms with van der Waals surface area (Å²) in [6.45, 7) is 6.18. The van der Waals surface area contributed by atoms with E-state index >= 15 is 0 Å². The third-order valence-corrected chi connectivity index (χ3v) is 3.28. The molecule has 102 valence electrons. The first-order valence-corrected chi connectivity index (χ1v) is 6.38. The first kappa shape index (κ1) is 13.6. The van der Waals surface area contributed by atoms with E-state index in [9.17, 15) is 9.90 Å². The Kier molecular flexibility index (Phi) is 3.62. The van der Waals surface area contributed by atoms with Crippen molar-refractivity contribution in [1.82, 2.24) is 4.40 Å². The number of rotatable bonds is 4. The lowest BCUT2D eigenvalue weighted by Gasteiger charge is -2.22. The van der Waals surface area contributed by atoms with Crippen molar-refractivity contribution in [2.75, 3.05) is 13.2 Å². The topological polar surface area (TPSA) is 50.9 Å². The molecule has 0 aliphatic carbocycles. The number of nitrogens with zero attached hydrogens (tertiary/aromatic N) is 1. The Morgan fingerprint density at radius 1 is 1.37 bits per heavy atom. The van der Waals surface area contributed by atoms with Crippen LogP contribution in [0.4, 0.5) is 0 Å². The second kappa shape index (κ2) is 5.05. The molecule has 0 radical (unpaired) electrons. The summed E-state index contributed by atoms with van der Waals surface area (Å²) in [6.07, 6.45) is 3.69. The highest BCUT2D eigenvalue weighted by Crippen LogP contribution is 2.23. The van der Waals surface area contributed by atoms with Gasteiger partial charge in [-0.25, -0.2) is 4.79 Å². The zero-order chi connectivity index (χ0) is 14.0. The highest BCUT2D eigenvalue weighted by Gasteiger charge is 2.20. The number of aliphatic hydroxyl groups excluding tert-OH is 1. The Balaban J connectivity index is 2.41. The van der Waals surface area contributed by atoms with Crippen LogP contribution in [0, 0.1) is 0 Å². The molecule has 4 nitrogen and oxygen atoms in total. The van der Waals surface area contributed by atoms with Crippen molar-refractivity contribution in [2.24, 2.45) is 0 Å². The molecule has 2 rings (SSSR count). The molecule has 0 aliphatic heterocycles. The second-order valence-corrected chi connectivity index (χ2v) is 5.24. The maximum Gasteiger partial charge on any atom is 0.339 e. The van der Waals surface area contributed by atoms with E-state index in [-0.39, 0.29) is 18.0 Å². The Hall–Kier alpha value is -1.81. The first-order chi connectivity index (χ1) is 8.97. The molecule has 1 N–H and O–H groups in total. The molecule has 0 saturated carbocycles.